The van der Waals surface area contributed by atoms with Gasteiger partial charge in [0.25, 0.3) is 5.56 Å². The van der Waals surface area contributed by atoms with Crippen molar-refractivity contribution in [1.82, 2.24) is 14.9 Å². The molecule has 37 heavy (non-hydrogen) atoms. The van der Waals surface area contributed by atoms with Gasteiger partial charge in [-0.1, -0.05) is 53.8 Å². The standard InChI is InChI=1S/C28H29N3O4S.ClH/c1-34-21-10-6-9-19-18(21)12-11-17-15-29-20(22(17)19)13-14-31-26(32)25-24(30-28(31)33)23(27(35-2)36-25)16-7-4-3-5-8-16;/h3-10,17,20,22,29H,11-15H2,1-2H3,(H,30,33);1H/t17-,20?,22+;/m0./s1. The number of aromatic amines is 1. The van der Waals surface area contributed by atoms with Crippen molar-refractivity contribution in [2.24, 2.45) is 5.92 Å². The number of nitrogens with one attached hydrogen (secondary N) is 2. The van der Waals surface area contributed by atoms with E-state index in [0.29, 0.717) is 40.1 Å². The Morgan fingerprint density at radius 3 is 2.62 bits per heavy atom. The molecule has 2 aliphatic rings. The molecule has 0 bridgehead atoms. The van der Waals surface area contributed by atoms with Gasteiger partial charge >= 0.3 is 5.69 Å². The van der Waals surface area contributed by atoms with Crippen LogP contribution in [0, 0.1) is 5.92 Å². The summed E-state index contributed by atoms with van der Waals surface area (Å²) in [5, 5.41) is 4.30. The van der Waals surface area contributed by atoms with Crippen molar-refractivity contribution in [2.45, 2.75) is 37.8 Å². The fraction of sp³-hybridized carbons (Fsp3) is 0.357. The molecule has 2 N–H and O–H groups in total. The van der Waals surface area contributed by atoms with E-state index in [0.717, 1.165) is 36.3 Å². The summed E-state index contributed by atoms with van der Waals surface area (Å²) < 4.78 is 13.1. The zero-order valence-electron chi connectivity index (χ0n) is 20.8. The molecule has 0 radical (unpaired) electrons. The van der Waals surface area contributed by atoms with Crippen LogP contribution in [0.25, 0.3) is 21.3 Å². The molecule has 2 aromatic carbocycles. The maximum absolute atomic E-state index is 13.5. The smallest absolute Gasteiger partial charge is 0.328 e. The Kier molecular flexibility index (Phi) is 7.16. The summed E-state index contributed by atoms with van der Waals surface area (Å²) in [4.78, 5) is 29.6. The minimum Gasteiger partial charge on any atom is -0.496 e. The normalized spacial score (nSPS) is 20.2. The summed E-state index contributed by atoms with van der Waals surface area (Å²) in [6.45, 7) is 1.31. The van der Waals surface area contributed by atoms with Gasteiger partial charge in [-0.3, -0.25) is 9.36 Å². The Bertz CT molecular complexity index is 1550. The van der Waals surface area contributed by atoms with Crippen molar-refractivity contribution >= 4 is 34.0 Å². The minimum absolute atomic E-state index is 0. The van der Waals surface area contributed by atoms with Crippen molar-refractivity contribution in [3.63, 3.8) is 0 Å². The summed E-state index contributed by atoms with van der Waals surface area (Å²) in [5.74, 6) is 1.87. The van der Waals surface area contributed by atoms with Gasteiger partial charge in [-0.25, -0.2) is 4.79 Å². The molecule has 0 spiro atoms. The fourth-order valence-electron chi connectivity index (χ4n) is 6.15. The van der Waals surface area contributed by atoms with E-state index < -0.39 is 0 Å². The molecule has 9 heteroatoms. The first-order valence-corrected chi connectivity index (χ1v) is 13.2. The highest BCUT2D eigenvalue weighted by Gasteiger charge is 2.40. The topological polar surface area (TPSA) is 85.3 Å². The van der Waals surface area contributed by atoms with Crippen LogP contribution in [0.15, 0.2) is 58.1 Å². The van der Waals surface area contributed by atoms with Gasteiger partial charge in [0.15, 0.2) is 5.06 Å². The highest BCUT2D eigenvalue weighted by Crippen LogP contribution is 2.45. The lowest BCUT2D eigenvalue weighted by Crippen LogP contribution is -2.37. The van der Waals surface area contributed by atoms with Gasteiger partial charge in [-0.2, -0.15) is 0 Å². The third kappa shape index (κ3) is 4.27. The first kappa shape index (κ1) is 25.6. The summed E-state index contributed by atoms with van der Waals surface area (Å²) in [5.41, 5.74) is 4.19. The van der Waals surface area contributed by atoms with Crippen molar-refractivity contribution < 1.29 is 9.47 Å². The molecule has 1 unspecified atom stereocenters. The highest BCUT2D eigenvalue weighted by molar-refractivity contribution is 7.21. The largest absolute Gasteiger partial charge is 0.496 e. The van der Waals surface area contributed by atoms with Crippen molar-refractivity contribution in [2.75, 3.05) is 20.8 Å². The number of thiophene rings is 1. The SMILES string of the molecule is COc1cccc2c1CC[C@H]1CNC(CCn3c(=O)[nH]c4c(-c5ccccc5)c(OC)sc4c3=O)[C@@H]21.Cl. The Balaban J connectivity index is 0.00000280. The van der Waals surface area contributed by atoms with Crippen LogP contribution in [0.4, 0.5) is 0 Å². The summed E-state index contributed by atoms with van der Waals surface area (Å²) in [6.07, 6.45) is 2.83. The Labute approximate surface area is 224 Å². The number of rotatable bonds is 6. The van der Waals surface area contributed by atoms with Crippen molar-refractivity contribution in [3.05, 3.63) is 80.5 Å². The molecule has 7 nitrogen and oxygen atoms in total. The molecular formula is C28H30ClN3O4S. The first-order valence-electron chi connectivity index (χ1n) is 12.4. The van der Waals surface area contributed by atoms with Crippen LogP contribution in [0.1, 0.15) is 29.9 Å². The van der Waals surface area contributed by atoms with E-state index in [1.807, 2.05) is 36.4 Å². The molecule has 3 atom stereocenters. The lowest BCUT2D eigenvalue weighted by Gasteiger charge is -2.32. The number of benzene rings is 2. The Morgan fingerprint density at radius 2 is 1.86 bits per heavy atom. The van der Waals surface area contributed by atoms with Crippen LogP contribution in [-0.4, -0.2) is 36.4 Å². The summed E-state index contributed by atoms with van der Waals surface area (Å²) in [7, 11) is 3.32. The van der Waals surface area contributed by atoms with Crippen LogP contribution >= 0.6 is 23.7 Å². The second-order valence-corrected chi connectivity index (χ2v) is 10.6. The van der Waals surface area contributed by atoms with E-state index in [1.165, 1.54) is 27.0 Å². The van der Waals surface area contributed by atoms with Crippen molar-refractivity contribution in [1.29, 1.82) is 0 Å². The maximum atomic E-state index is 13.5. The van der Waals surface area contributed by atoms with Gasteiger partial charge in [0.2, 0.25) is 0 Å². The van der Waals surface area contributed by atoms with E-state index in [4.69, 9.17) is 9.47 Å². The number of nitrogens with zero attached hydrogens (tertiary/aromatic N) is 1. The molecule has 1 fully saturated rings. The van der Waals surface area contributed by atoms with Crippen LogP contribution in [0.5, 0.6) is 10.8 Å². The lowest BCUT2D eigenvalue weighted by atomic mass is 9.73. The number of methoxy groups -OCH3 is 2. The number of hydrogen-bond donors (Lipinski definition) is 2. The molecule has 0 saturated carbocycles. The Hall–Kier alpha value is -3.07. The molecular weight excluding hydrogens is 510 g/mol. The van der Waals surface area contributed by atoms with Crippen molar-refractivity contribution in [3.8, 4) is 21.9 Å². The molecule has 1 aliphatic carbocycles. The molecule has 6 rings (SSSR count). The zero-order valence-corrected chi connectivity index (χ0v) is 22.4. The summed E-state index contributed by atoms with van der Waals surface area (Å²) in [6, 6.07) is 16.2. The number of aromatic nitrogens is 2. The van der Waals surface area contributed by atoms with Crippen LogP contribution < -0.4 is 26.0 Å². The molecule has 4 aromatic rings. The molecule has 2 aromatic heterocycles. The molecule has 0 amide bonds. The Morgan fingerprint density at radius 1 is 1.05 bits per heavy atom. The van der Waals surface area contributed by atoms with E-state index in [9.17, 15) is 9.59 Å². The summed E-state index contributed by atoms with van der Waals surface area (Å²) >= 11 is 1.28. The second kappa shape index (κ2) is 10.4. The first-order chi connectivity index (χ1) is 17.6. The quantitative estimate of drug-likeness (QED) is 0.375. The molecule has 1 saturated heterocycles. The van der Waals surface area contributed by atoms with Gasteiger partial charge in [-0.05, 0) is 54.5 Å². The van der Waals surface area contributed by atoms with E-state index in [1.54, 1.807) is 14.2 Å². The maximum Gasteiger partial charge on any atom is 0.328 e. The molecule has 194 valence electrons. The van der Waals surface area contributed by atoms with Crippen LogP contribution in [-0.2, 0) is 13.0 Å². The van der Waals surface area contributed by atoms with Gasteiger partial charge in [0.1, 0.15) is 10.4 Å². The van der Waals surface area contributed by atoms with E-state index >= 15 is 0 Å². The van der Waals surface area contributed by atoms with Gasteiger partial charge < -0.3 is 19.8 Å². The molecule has 3 heterocycles. The third-order valence-electron chi connectivity index (χ3n) is 7.80. The van der Waals surface area contributed by atoms with E-state index in [2.05, 4.69) is 22.4 Å². The van der Waals surface area contributed by atoms with Gasteiger partial charge in [0.05, 0.1) is 25.3 Å². The fourth-order valence-corrected chi connectivity index (χ4v) is 7.20. The average molecular weight is 540 g/mol. The van der Waals surface area contributed by atoms with Gasteiger partial charge in [-0.15, -0.1) is 12.4 Å². The van der Waals surface area contributed by atoms with Crippen LogP contribution in [0.3, 0.4) is 0 Å². The average Bonchev–Trinajstić information content (AvgIpc) is 3.50. The monoisotopic (exact) mass is 539 g/mol. The predicted octanol–water partition coefficient (Wildman–Crippen LogP) is 4.57. The second-order valence-electron chi connectivity index (χ2n) is 9.58. The predicted molar refractivity (Wildman–Crippen MR) is 150 cm³/mol. The van der Waals surface area contributed by atoms with Gasteiger partial charge in [0, 0.05) is 18.5 Å². The number of hydrogen-bond acceptors (Lipinski definition) is 6. The van der Waals surface area contributed by atoms with Crippen LogP contribution in [0.2, 0.25) is 0 Å². The highest BCUT2D eigenvalue weighted by atomic mass is 35.5. The van der Waals surface area contributed by atoms with E-state index in [-0.39, 0.29) is 29.7 Å². The number of fused-ring (bicyclic) bond motifs is 4. The number of halogens is 1. The third-order valence-corrected chi connectivity index (χ3v) is 8.94. The lowest BCUT2D eigenvalue weighted by molar-refractivity contribution is 0.371. The molecule has 1 aliphatic heterocycles. The zero-order chi connectivity index (χ0) is 24.8. The number of ether oxygens (including phenoxy) is 2. The number of H-pyrrole nitrogens is 1. The minimum atomic E-state index is -0.384.